The number of ketones is 2. The molecule has 26 heteroatoms. The lowest BCUT2D eigenvalue weighted by Gasteiger charge is -2.34. The highest BCUT2D eigenvalue weighted by molar-refractivity contribution is 5.82. The maximum absolute atomic E-state index is 13.4. The van der Waals surface area contributed by atoms with Crippen LogP contribution in [-0.2, 0) is 43.0 Å². The number of nitrogens with zero attached hydrogens (tertiary/aromatic N) is 7. The molecule has 0 aliphatic carbocycles. The molecule has 13 N–H and O–H groups in total. The number of amides is 4. The zero-order chi connectivity index (χ0) is 63.0. The van der Waals surface area contributed by atoms with Gasteiger partial charge in [-0.05, 0) is 85.1 Å². The number of Topliss-reactive ketones (excluding diaryl/α,β-unsaturated/α-hetero) is 2. The normalized spacial score (nSPS) is 13.8. The Kier molecular flexibility index (Phi) is 49.5. The largest absolute Gasteiger partial charge is 0.389 e. The van der Waals surface area contributed by atoms with Crippen LogP contribution in [0.4, 0.5) is 0 Å². The Morgan fingerprint density at radius 2 is 0.619 bits per heavy atom. The van der Waals surface area contributed by atoms with Gasteiger partial charge in [0.2, 0.25) is 23.6 Å². The summed E-state index contributed by atoms with van der Waals surface area (Å²) in [6.07, 6.45) is 1.98. The predicted molar refractivity (Wildman–Crippen MR) is 330 cm³/mol. The molecule has 0 rings (SSSR count). The Morgan fingerprint density at radius 1 is 0.381 bits per heavy atom. The van der Waals surface area contributed by atoms with Gasteiger partial charge in [0, 0.05) is 117 Å². The molecular weight excluding hydrogens is 1080 g/mol. The van der Waals surface area contributed by atoms with E-state index in [2.05, 4.69) is 70.6 Å². The van der Waals surface area contributed by atoms with Gasteiger partial charge >= 0.3 is 0 Å². The molecule has 4 atom stereocenters. The number of nitrogens with one attached hydrogen (secondary N) is 4. The van der Waals surface area contributed by atoms with Crippen molar-refractivity contribution in [3.8, 4) is 0 Å². The summed E-state index contributed by atoms with van der Waals surface area (Å²) in [5.41, 5.74) is 16.3. The van der Waals surface area contributed by atoms with E-state index in [0.717, 1.165) is 64.8 Å². The average Bonchev–Trinajstić information content (AvgIpc) is 3.59. The Balaban J connectivity index is 6.33. The van der Waals surface area contributed by atoms with E-state index in [1.54, 1.807) is 14.7 Å². The Morgan fingerprint density at radius 3 is 0.845 bits per heavy atom. The maximum Gasteiger partial charge on any atom is 0.234 e. The van der Waals surface area contributed by atoms with Gasteiger partial charge in [0.25, 0.3) is 0 Å². The molecule has 0 spiro atoms. The first kappa shape index (κ1) is 80.6. The number of carbonyl (C=O) groups is 6. The molecule has 0 heterocycles. The van der Waals surface area contributed by atoms with Gasteiger partial charge in [-0.25, -0.2) is 0 Å². The average molecular weight is 1210 g/mol. The molecule has 4 unspecified atom stereocenters. The van der Waals surface area contributed by atoms with E-state index in [0.29, 0.717) is 98.0 Å². The molecule has 0 saturated heterocycles. The number of ether oxygens (including phenoxy) is 3. The number of aliphatic hydroxyl groups is 3. The van der Waals surface area contributed by atoms with Crippen LogP contribution in [0.2, 0.25) is 0 Å². The predicted octanol–water partition coefficient (Wildman–Crippen LogP) is -2.80. The van der Waals surface area contributed by atoms with Crippen LogP contribution in [0.15, 0.2) is 0 Å². The minimum absolute atomic E-state index is 0.0179. The molecule has 0 bridgehead atoms. The minimum atomic E-state index is -1.13. The molecule has 0 aromatic carbocycles. The van der Waals surface area contributed by atoms with Crippen LogP contribution in [-0.4, -0.2) is 326 Å². The van der Waals surface area contributed by atoms with Crippen LogP contribution in [0.1, 0.15) is 93.9 Å². The Bertz CT molecular complexity index is 1590. The number of rotatable bonds is 59. The van der Waals surface area contributed by atoms with Gasteiger partial charge in [0.1, 0.15) is 11.6 Å². The lowest BCUT2D eigenvalue weighted by atomic mass is 9.88. The van der Waals surface area contributed by atoms with Crippen molar-refractivity contribution in [1.82, 2.24) is 55.6 Å². The van der Waals surface area contributed by atoms with Gasteiger partial charge in [-0.2, -0.15) is 0 Å². The van der Waals surface area contributed by atoms with Crippen LogP contribution >= 0.6 is 0 Å². The molecular formula is C58H120N14O12. The second-order valence-electron chi connectivity index (χ2n) is 22.4. The van der Waals surface area contributed by atoms with Gasteiger partial charge in [-0.15, -0.1) is 0 Å². The standard InChI is InChI=1S/C58H120N14O12/c1-9-22-66(23-10-2)30-18-62-56(80)41-72(42-57(81)63-19-31-67(24-11-3)25-12-4)38-53(77)45-84-48-58(14-6,46-82-43-51(75)36-70(34-49(7)73)39-54(78)64-20-32-68(26-13-5)27-15-59)47-83-44-52(76)37-71(35-50(8)74)40-55(79)65-21-33-69(28-16-60)29-17-61/h51-53,75-77H,9-48,59-61H2,1-8H3,(H,62,80)(H,63,81)(H,64,78)(H,65,79). The molecule has 4 amide bonds. The van der Waals surface area contributed by atoms with Gasteiger partial charge in [0.15, 0.2) is 0 Å². The van der Waals surface area contributed by atoms with Crippen molar-refractivity contribution in [3.05, 3.63) is 0 Å². The summed E-state index contributed by atoms with van der Waals surface area (Å²) in [6, 6.07) is 0. The first-order chi connectivity index (χ1) is 40.2. The summed E-state index contributed by atoms with van der Waals surface area (Å²) in [5, 5.41) is 45.7. The van der Waals surface area contributed by atoms with Crippen molar-refractivity contribution in [1.29, 1.82) is 0 Å². The van der Waals surface area contributed by atoms with Crippen molar-refractivity contribution in [3.63, 3.8) is 0 Å². The SMILES string of the molecule is CCCN(CCC)CCNC(=O)CN(CC(=O)NCCN(CCC)CCC)CC(O)COCC(CC)(COCC(O)CN(CC(C)=O)CC(=O)NCCN(CCC)CCN)COCC(O)CN(CC(C)=O)CC(=O)NCCN(CCN)CCN. The lowest BCUT2D eigenvalue weighted by Crippen LogP contribution is -2.48. The zero-order valence-corrected chi connectivity index (χ0v) is 53.4. The summed E-state index contributed by atoms with van der Waals surface area (Å²) in [5.74, 6) is -1.55. The third-order valence-corrected chi connectivity index (χ3v) is 13.7. The van der Waals surface area contributed by atoms with Crippen LogP contribution < -0.4 is 38.5 Å². The summed E-state index contributed by atoms with van der Waals surface area (Å²) in [7, 11) is 0. The van der Waals surface area contributed by atoms with E-state index < -0.39 is 23.7 Å². The minimum Gasteiger partial charge on any atom is -0.389 e. The summed E-state index contributed by atoms with van der Waals surface area (Å²) in [6.45, 7) is 25.9. The lowest BCUT2D eigenvalue weighted by molar-refractivity contribution is -0.127. The van der Waals surface area contributed by atoms with Crippen molar-refractivity contribution < 1.29 is 58.3 Å². The van der Waals surface area contributed by atoms with E-state index in [4.69, 9.17) is 31.4 Å². The van der Waals surface area contributed by atoms with Gasteiger partial charge in [-0.3, -0.25) is 48.4 Å². The van der Waals surface area contributed by atoms with E-state index in [-0.39, 0.29) is 134 Å². The fourth-order valence-corrected chi connectivity index (χ4v) is 9.82. The molecule has 0 aliphatic heterocycles. The van der Waals surface area contributed by atoms with Crippen LogP contribution in [0.25, 0.3) is 0 Å². The Hall–Kier alpha value is -3.42. The van der Waals surface area contributed by atoms with E-state index in [1.165, 1.54) is 13.8 Å². The third kappa shape index (κ3) is 43.2. The summed E-state index contributed by atoms with van der Waals surface area (Å²) >= 11 is 0. The number of carbonyl (C=O) groups excluding carboxylic acids is 6. The number of aliphatic hydroxyl groups excluding tert-OH is 3. The highest BCUT2D eigenvalue weighted by Crippen LogP contribution is 2.25. The van der Waals surface area contributed by atoms with Crippen molar-refractivity contribution in [2.24, 2.45) is 22.6 Å². The van der Waals surface area contributed by atoms with E-state index >= 15 is 0 Å². The molecule has 0 aromatic heterocycles. The Labute approximate surface area is 505 Å². The smallest absolute Gasteiger partial charge is 0.234 e. The first-order valence-electron chi connectivity index (χ1n) is 31.2. The highest BCUT2D eigenvalue weighted by atomic mass is 16.5. The third-order valence-electron chi connectivity index (χ3n) is 13.7. The molecule has 84 heavy (non-hydrogen) atoms. The van der Waals surface area contributed by atoms with Gasteiger partial charge < -0.3 is 82.7 Å². The fourth-order valence-electron chi connectivity index (χ4n) is 9.82. The van der Waals surface area contributed by atoms with Crippen molar-refractivity contribution >= 4 is 35.2 Å². The molecule has 494 valence electrons. The number of hydrogen-bond acceptors (Lipinski definition) is 22. The highest BCUT2D eigenvalue weighted by Gasteiger charge is 2.32. The maximum atomic E-state index is 13.4. The second-order valence-corrected chi connectivity index (χ2v) is 22.4. The van der Waals surface area contributed by atoms with Crippen LogP contribution in [0.5, 0.6) is 0 Å². The quantitative estimate of drug-likeness (QED) is 0.0294. The first-order valence-corrected chi connectivity index (χ1v) is 31.2. The van der Waals surface area contributed by atoms with Gasteiger partial charge in [-0.1, -0.05) is 41.5 Å². The van der Waals surface area contributed by atoms with Crippen LogP contribution in [0, 0.1) is 5.41 Å². The molecule has 26 nitrogen and oxygen atoms in total. The monoisotopic (exact) mass is 1200 g/mol. The van der Waals surface area contributed by atoms with Gasteiger partial charge in [0.05, 0.1) is 97.2 Å². The second kappa shape index (κ2) is 51.6. The molecule has 0 radical (unpaired) electrons. The number of hydrogen-bond donors (Lipinski definition) is 10. The van der Waals surface area contributed by atoms with Crippen molar-refractivity contribution in [2.75, 3.05) is 223 Å². The zero-order valence-electron chi connectivity index (χ0n) is 53.4. The van der Waals surface area contributed by atoms with E-state index in [1.807, 2.05) is 11.8 Å². The van der Waals surface area contributed by atoms with E-state index in [9.17, 15) is 44.1 Å². The summed E-state index contributed by atoms with van der Waals surface area (Å²) < 4.78 is 18.6. The molecule has 0 saturated carbocycles. The molecule has 0 aromatic rings. The molecule has 0 fully saturated rings. The van der Waals surface area contributed by atoms with Crippen LogP contribution in [0.3, 0.4) is 0 Å². The number of nitrogens with two attached hydrogens (primary N) is 3. The molecule has 0 aliphatic rings. The summed E-state index contributed by atoms with van der Waals surface area (Å²) in [4.78, 5) is 90.8. The van der Waals surface area contributed by atoms with Crippen molar-refractivity contribution in [2.45, 2.75) is 112 Å². The fraction of sp³-hybridized carbons (Fsp3) is 0.897. The topological polar surface area (TPSA) is 340 Å².